The molecule has 0 heterocycles. The molecule has 0 fully saturated rings. The molecule has 0 spiro atoms. The summed E-state index contributed by atoms with van der Waals surface area (Å²) in [5.41, 5.74) is 0.452. The molecule has 0 amide bonds. The number of halogens is 1. The normalized spacial score (nSPS) is 8.64. The summed E-state index contributed by atoms with van der Waals surface area (Å²) < 4.78 is 13.1. The number of nitrogens with zero attached hydrogens (tertiary/aromatic N) is 1. The molecule has 3 heteroatoms. The zero-order valence-electron chi connectivity index (χ0n) is 7.42. The predicted molar refractivity (Wildman–Crippen MR) is 56.5 cm³/mol. The van der Waals surface area contributed by atoms with Crippen LogP contribution in [0.4, 0.5) is 4.39 Å². The summed E-state index contributed by atoms with van der Waals surface area (Å²) in [6.07, 6.45) is 0.629. The maximum Gasteiger partial charge on any atom is 0.142 e. The Morgan fingerprint density at radius 1 is 1.43 bits per heavy atom. The zero-order chi connectivity index (χ0) is 10.4. The fraction of sp³-hybridized carbons (Fsp3) is 0.182. The lowest BCUT2D eigenvalue weighted by Gasteiger charge is -1.95. The summed E-state index contributed by atoms with van der Waals surface area (Å²) >= 11 is 3.99. The molecule has 0 aliphatic heterocycles. The molecule has 0 bridgehead atoms. The number of hydrogen-bond donors (Lipinski definition) is 1. The highest BCUT2D eigenvalue weighted by Crippen LogP contribution is 2.10. The van der Waals surface area contributed by atoms with E-state index in [0.717, 1.165) is 0 Å². The Balaban J connectivity index is 3.06. The number of thiol groups is 1. The van der Waals surface area contributed by atoms with Crippen molar-refractivity contribution in [3.8, 4) is 17.9 Å². The van der Waals surface area contributed by atoms with Crippen LogP contribution in [0.2, 0.25) is 0 Å². The van der Waals surface area contributed by atoms with Gasteiger partial charge in [-0.15, -0.1) is 0 Å². The smallest absolute Gasteiger partial charge is 0.142 e. The minimum absolute atomic E-state index is 0.0131. The monoisotopic (exact) mass is 205 g/mol. The molecule has 1 nitrogen and oxygen atoms in total. The standard InChI is InChI=1S/C11H8FNS/c12-11-6-3-5-9(10(11)8-13)4-1-2-7-14/h3,5-6,14H,2,7H2. The van der Waals surface area contributed by atoms with E-state index in [1.807, 2.05) is 0 Å². The maximum atomic E-state index is 13.1. The van der Waals surface area contributed by atoms with Crippen molar-refractivity contribution in [3.63, 3.8) is 0 Å². The van der Waals surface area contributed by atoms with Crippen LogP contribution in [-0.2, 0) is 0 Å². The topological polar surface area (TPSA) is 23.8 Å². The quantitative estimate of drug-likeness (QED) is 0.552. The first-order valence-electron chi connectivity index (χ1n) is 4.08. The SMILES string of the molecule is N#Cc1c(F)cccc1C#CCCS. The fourth-order valence-electron chi connectivity index (χ4n) is 0.956. The van der Waals surface area contributed by atoms with Crippen LogP contribution < -0.4 is 0 Å². The van der Waals surface area contributed by atoms with Crippen molar-refractivity contribution in [3.05, 3.63) is 35.1 Å². The Morgan fingerprint density at radius 3 is 2.86 bits per heavy atom. The third-order valence-electron chi connectivity index (χ3n) is 1.59. The van der Waals surface area contributed by atoms with Gasteiger partial charge in [0.15, 0.2) is 0 Å². The van der Waals surface area contributed by atoms with Gasteiger partial charge in [-0.3, -0.25) is 0 Å². The second-order valence-corrected chi connectivity index (χ2v) is 3.00. The van der Waals surface area contributed by atoms with Gasteiger partial charge >= 0.3 is 0 Å². The van der Waals surface area contributed by atoms with Crippen molar-refractivity contribution in [2.75, 3.05) is 5.75 Å². The molecule has 0 radical (unpaired) electrons. The van der Waals surface area contributed by atoms with Crippen LogP contribution in [0.1, 0.15) is 17.5 Å². The molecular formula is C11H8FNS. The summed E-state index contributed by atoms with van der Waals surface area (Å²) in [6.45, 7) is 0. The van der Waals surface area contributed by atoms with Gasteiger partial charge in [0, 0.05) is 17.7 Å². The average molecular weight is 205 g/mol. The van der Waals surface area contributed by atoms with Gasteiger partial charge in [0.25, 0.3) is 0 Å². The third kappa shape index (κ3) is 2.52. The summed E-state index contributed by atoms with van der Waals surface area (Å²) in [5.74, 6) is 5.69. The first-order chi connectivity index (χ1) is 6.79. The molecule has 1 rings (SSSR count). The minimum atomic E-state index is -0.523. The molecular weight excluding hydrogens is 197 g/mol. The predicted octanol–water partition coefficient (Wildman–Crippen LogP) is 2.37. The van der Waals surface area contributed by atoms with Gasteiger partial charge in [-0.1, -0.05) is 17.9 Å². The van der Waals surface area contributed by atoms with Crippen molar-refractivity contribution in [1.29, 1.82) is 5.26 Å². The van der Waals surface area contributed by atoms with E-state index in [2.05, 4.69) is 24.5 Å². The second-order valence-electron chi connectivity index (χ2n) is 2.55. The lowest BCUT2D eigenvalue weighted by molar-refractivity contribution is 0.623. The highest BCUT2D eigenvalue weighted by molar-refractivity contribution is 7.80. The van der Waals surface area contributed by atoms with Crippen molar-refractivity contribution >= 4 is 12.6 Å². The number of rotatable bonds is 1. The largest absolute Gasteiger partial charge is 0.205 e. The summed E-state index contributed by atoms with van der Waals surface area (Å²) in [6, 6.07) is 6.22. The first kappa shape index (κ1) is 10.6. The van der Waals surface area contributed by atoms with E-state index in [1.54, 1.807) is 18.2 Å². The van der Waals surface area contributed by atoms with Gasteiger partial charge in [-0.2, -0.15) is 17.9 Å². The van der Waals surface area contributed by atoms with Crippen LogP contribution in [0.5, 0.6) is 0 Å². The Morgan fingerprint density at radius 2 is 2.21 bits per heavy atom. The van der Waals surface area contributed by atoms with Crippen molar-refractivity contribution in [1.82, 2.24) is 0 Å². The van der Waals surface area contributed by atoms with Crippen molar-refractivity contribution < 1.29 is 4.39 Å². The van der Waals surface area contributed by atoms with E-state index < -0.39 is 5.82 Å². The van der Waals surface area contributed by atoms with Gasteiger partial charge in [0.1, 0.15) is 17.4 Å². The minimum Gasteiger partial charge on any atom is -0.205 e. The lowest BCUT2D eigenvalue weighted by atomic mass is 10.1. The second kappa shape index (κ2) is 5.32. The van der Waals surface area contributed by atoms with E-state index in [0.29, 0.717) is 17.7 Å². The summed E-state index contributed by atoms with van der Waals surface area (Å²) in [7, 11) is 0. The van der Waals surface area contributed by atoms with Gasteiger partial charge in [0.05, 0.1) is 0 Å². The van der Waals surface area contributed by atoms with Crippen molar-refractivity contribution in [2.45, 2.75) is 6.42 Å². The van der Waals surface area contributed by atoms with Crippen LogP contribution in [0.15, 0.2) is 18.2 Å². The number of benzene rings is 1. The molecule has 0 aliphatic carbocycles. The van der Waals surface area contributed by atoms with Crippen LogP contribution in [0, 0.1) is 29.0 Å². The fourth-order valence-corrected chi connectivity index (χ4v) is 1.07. The molecule has 14 heavy (non-hydrogen) atoms. The van der Waals surface area contributed by atoms with Gasteiger partial charge < -0.3 is 0 Å². The molecule has 0 saturated heterocycles. The summed E-state index contributed by atoms with van der Waals surface area (Å²) in [4.78, 5) is 0. The number of hydrogen-bond acceptors (Lipinski definition) is 2. The van der Waals surface area contributed by atoms with Crippen LogP contribution in [-0.4, -0.2) is 5.75 Å². The van der Waals surface area contributed by atoms with Crippen molar-refractivity contribution in [2.24, 2.45) is 0 Å². The van der Waals surface area contributed by atoms with Crippen LogP contribution in [0.3, 0.4) is 0 Å². The van der Waals surface area contributed by atoms with Gasteiger partial charge in [-0.25, -0.2) is 4.39 Å². The van der Waals surface area contributed by atoms with E-state index in [9.17, 15) is 4.39 Å². The van der Waals surface area contributed by atoms with Crippen LogP contribution >= 0.6 is 12.6 Å². The van der Waals surface area contributed by atoms with E-state index in [1.165, 1.54) is 6.07 Å². The van der Waals surface area contributed by atoms with Gasteiger partial charge in [0.2, 0.25) is 0 Å². The maximum absolute atomic E-state index is 13.1. The third-order valence-corrected chi connectivity index (χ3v) is 1.81. The molecule has 0 N–H and O–H groups in total. The highest BCUT2D eigenvalue weighted by atomic mass is 32.1. The Labute approximate surface area is 88.0 Å². The van der Waals surface area contributed by atoms with E-state index in [-0.39, 0.29) is 5.56 Å². The van der Waals surface area contributed by atoms with Gasteiger partial charge in [-0.05, 0) is 12.1 Å². The van der Waals surface area contributed by atoms with E-state index in [4.69, 9.17) is 5.26 Å². The molecule has 0 atom stereocenters. The molecule has 0 unspecified atom stereocenters. The highest BCUT2D eigenvalue weighted by Gasteiger charge is 2.04. The van der Waals surface area contributed by atoms with Crippen LogP contribution in [0.25, 0.3) is 0 Å². The lowest BCUT2D eigenvalue weighted by Crippen LogP contribution is -1.88. The molecule has 1 aromatic rings. The molecule has 0 aromatic heterocycles. The molecule has 1 aromatic carbocycles. The zero-order valence-corrected chi connectivity index (χ0v) is 8.31. The Hall–Kier alpha value is -1.45. The average Bonchev–Trinajstić information content (AvgIpc) is 2.18. The Kier molecular flexibility index (Phi) is 4.04. The summed E-state index contributed by atoms with van der Waals surface area (Å²) in [5, 5.41) is 8.68. The molecule has 0 aliphatic rings. The molecule has 0 saturated carbocycles. The first-order valence-corrected chi connectivity index (χ1v) is 4.71. The molecule has 70 valence electrons. The van der Waals surface area contributed by atoms with E-state index >= 15 is 0 Å². The Bertz CT molecular complexity index is 423. The number of nitriles is 1.